The molecule has 0 radical (unpaired) electrons. The fraction of sp³-hybridized carbons (Fsp3) is 0.375. The molecule has 0 unspecified atom stereocenters. The largest absolute Gasteiger partial charge is 0.491 e. The van der Waals surface area contributed by atoms with Crippen molar-refractivity contribution in [2.24, 2.45) is 0 Å². The molecule has 0 atom stereocenters. The van der Waals surface area contributed by atoms with Crippen molar-refractivity contribution in [3.63, 3.8) is 0 Å². The van der Waals surface area contributed by atoms with Crippen LogP contribution in [0.3, 0.4) is 0 Å². The average molecular weight is 168 g/mol. The van der Waals surface area contributed by atoms with E-state index in [0.717, 1.165) is 5.69 Å². The Morgan fingerprint density at radius 2 is 2.00 bits per heavy atom. The highest BCUT2D eigenvalue weighted by atomic mass is 16.5. The van der Waals surface area contributed by atoms with E-state index in [1.54, 1.807) is 20.3 Å². The number of nitrogens with zero attached hydrogens (tertiary/aromatic N) is 1. The van der Waals surface area contributed by atoms with Gasteiger partial charge in [0, 0.05) is 6.07 Å². The molecule has 1 heterocycles. The van der Waals surface area contributed by atoms with Crippen LogP contribution in [0, 0.1) is 6.92 Å². The lowest BCUT2D eigenvalue weighted by Gasteiger charge is -2.08. The molecule has 0 aliphatic carbocycles. The highest BCUT2D eigenvalue weighted by Gasteiger charge is 2.07. The minimum atomic E-state index is 0.462. The maximum Gasteiger partial charge on any atom is 0.257 e. The lowest BCUT2D eigenvalue weighted by atomic mass is 10.3. The molecule has 4 heteroatoms. The lowest BCUT2D eigenvalue weighted by molar-refractivity contribution is 0.342. The summed E-state index contributed by atoms with van der Waals surface area (Å²) in [6.45, 7) is 1.82. The predicted molar refractivity (Wildman–Crippen MR) is 46.5 cm³/mol. The van der Waals surface area contributed by atoms with E-state index in [0.29, 0.717) is 17.3 Å². The summed E-state index contributed by atoms with van der Waals surface area (Å²) in [7, 11) is 3.09. The monoisotopic (exact) mass is 168 g/mol. The predicted octanol–water partition coefficient (Wildman–Crippen LogP) is 0.989. The number of rotatable bonds is 2. The van der Waals surface area contributed by atoms with E-state index in [9.17, 15) is 0 Å². The molecule has 0 bridgehead atoms. The molecule has 2 N–H and O–H groups in total. The summed E-state index contributed by atoms with van der Waals surface area (Å²) in [5.41, 5.74) is 6.97. The zero-order chi connectivity index (χ0) is 9.14. The second-order valence-electron chi connectivity index (χ2n) is 2.37. The van der Waals surface area contributed by atoms with Crippen LogP contribution in [0.15, 0.2) is 6.07 Å². The Hall–Kier alpha value is -1.45. The molecule has 0 aromatic carbocycles. The molecule has 0 saturated heterocycles. The normalized spacial score (nSPS) is 9.58. The molecule has 0 spiro atoms. The van der Waals surface area contributed by atoms with Crippen molar-refractivity contribution in [2.75, 3.05) is 20.0 Å². The van der Waals surface area contributed by atoms with Gasteiger partial charge in [0.1, 0.15) is 0 Å². The number of aromatic nitrogens is 1. The molecule has 1 rings (SSSR count). The van der Waals surface area contributed by atoms with Gasteiger partial charge in [0.25, 0.3) is 5.88 Å². The van der Waals surface area contributed by atoms with Gasteiger partial charge >= 0.3 is 0 Å². The van der Waals surface area contributed by atoms with E-state index in [1.807, 2.05) is 6.92 Å². The van der Waals surface area contributed by atoms with Crippen LogP contribution in [0.5, 0.6) is 11.6 Å². The quantitative estimate of drug-likeness (QED) is 0.715. The van der Waals surface area contributed by atoms with Crippen LogP contribution in [0.2, 0.25) is 0 Å². The number of nitrogen functional groups attached to an aromatic ring is 1. The highest BCUT2D eigenvalue weighted by Crippen LogP contribution is 2.27. The zero-order valence-corrected chi connectivity index (χ0v) is 7.42. The standard InChI is InChI=1S/C8H12N2O2/c1-5-6(9)4-7(11-2)8(10-5)12-3/h4H,9H2,1-3H3. The van der Waals surface area contributed by atoms with Gasteiger partial charge in [-0.05, 0) is 6.92 Å². The Kier molecular flexibility index (Phi) is 2.38. The van der Waals surface area contributed by atoms with Crippen molar-refractivity contribution in [3.8, 4) is 11.6 Å². The van der Waals surface area contributed by atoms with Gasteiger partial charge in [0.05, 0.1) is 25.6 Å². The Morgan fingerprint density at radius 1 is 1.33 bits per heavy atom. The van der Waals surface area contributed by atoms with E-state index < -0.39 is 0 Å². The Labute approximate surface area is 71.3 Å². The zero-order valence-electron chi connectivity index (χ0n) is 7.42. The number of hydrogen-bond acceptors (Lipinski definition) is 4. The van der Waals surface area contributed by atoms with E-state index in [1.165, 1.54) is 0 Å². The molecule has 0 aliphatic heterocycles. The number of anilines is 1. The summed E-state index contributed by atoms with van der Waals surface area (Å²) < 4.78 is 9.98. The second-order valence-corrected chi connectivity index (χ2v) is 2.37. The molecular formula is C8H12N2O2. The van der Waals surface area contributed by atoms with Gasteiger partial charge in [0.2, 0.25) is 0 Å². The van der Waals surface area contributed by atoms with Crippen LogP contribution in [0.4, 0.5) is 5.69 Å². The molecule has 12 heavy (non-hydrogen) atoms. The van der Waals surface area contributed by atoms with E-state index >= 15 is 0 Å². The van der Waals surface area contributed by atoms with Crippen LogP contribution < -0.4 is 15.2 Å². The van der Waals surface area contributed by atoms with Crippen LogP contribution in [-0.2, 0) is 0 Å². The Bertz CT molecular complexity index is 258. The van der Waals surface area contributed by atoms with Crippen molar-refractivity contribution < 1.29 is 9.47 Å². The minimum Gasteiger partial charge on any atom is -0.491 e. The van der Waals surface area contributed by atoms with Crippen molar-refractivity contribution in [3.05, 3.63) is 11.8 Å². The maximum atomic E-state index is 5.62. The van der Waals surface area contributed by atoms with Gasteiger partial charge in [-0.15, -0.1) is 0 Å². The fourth-order valence-electron chi connectivity index (χ4n) is 0.872. The van der Waals surface area contributed by atoms with Crippen molar-refractivity contribution in [2.45, 2.75) is 6.92 Å². The first-order chi connectivity index (χ1) is 5.69. The molecule has 0 fully saturated rings. The van der Waals surface area contributed by atoms with Gasteiger partial charge in [-0.2, -0.15) is 0 Å². The number of methoxy groups -OCH3 is 2. The van der Waals surface area contributed by atoms with E-state index in [4.69, 9.17) is 15.2 Å². The topological polar surface area (TPSA) is 57.4 Å². The molecule has 0 saturated carbocycles. The number of aryl methyl sites for hydroxylation is 1. The number of ether oxygens (including phenoxy) is 2. The van der Waals surface area contributed by atoms with Crippen LogP contribution >= 0.6 is 0 Å². The summed E-state index contributed by atoms with van der Waals surface area (Å²) in [5, 5.41) is 0. The molecule has 66 valence electrons. The van der Waals surface area contributed by atoms with Crippen LogP contribution in [0.1, 0.15) is 5.69 Å². The molecule has 1 aromatic heterocycles. The third-order valence-electron chi connectivity index (χ3n) is 1.60. The Morgan fingerprint density at radius 3 is 2.50 bits per heavy atom. The summed E-state index contributed by atoms with van der Waals surface area (Å²) in [5.74, 6) is 1.02. The SMILES string of the molecule is COc1cc(N)c(C)nc1OC. The summed E-state index contributed by atoms with van der Waals surface area (Å²) in [6.07, 6.45) is 0. The second kappa shape index (κ2) is 3.30. The van der Waals surface area contributed by atoms with Gasteiger partial charge in [-0.3, -0.25) is 0 Å². The van der Waals surface area contributed by atoms with Crippen LogP contribution in [0.25, 0.3) is 0 Å². The molecule has 4 nitrogen and oxygen atoms in total. The summed E-state index contributed by atoms with van der Waals surface area (Å²) in [4.78, 5) is 4.09. The van der Waals surface area contributed by atoms with Gasteiger partial charge in [-0.1, -0.05) is 0 Å². The lowest BCUT2D eigenvalue weighted by Crippen LogP contribution is -1.99. The van der Waals surface area contributed by atoms with Crippen molar-refractivity contribution in [1.82, 2.24) is 4.98 Å². The molecular weight excluding hydrogens is 156 g/mol. The number of pyridine rings is 1. The molecule has 1 aromatic rings. The first-order valence-electron chi connectivity index (χ1n) is 3.54. The smallest absolute Gasteiger partial charge is 0.257 e. The van der Waals surface area contributed by atoms with Gasteiger partial charge in [0.15, 0.2) is 5.75 Å². The summed E-state index contributed by atoms with van der Waals surface area (Å²) in [6, 6.07) is 1.70. The average Bonchev–Trinajstić information content (AvgIpc) is 2.09. The maximum absolute atomic E-state index is 5.62. The fourth-order valence-corrected chi connectivity index (χ4v) is 0.872. The molecule has 0 amide bonds. The third-order valence-corrected chi connectivity index (χ3v) is 1.60. The third kappa shape index (κ3) is 1.42. The van der Waals surface area contributed by atoms with E-state index in [2.05, 4.69) is 4.98 Å². The van der Waals surface area contributed by atoms with Crippen molar-refractivity contribution in [1.29, 1.82) is 0 Å². The first kappa shape index (κ1) is 8.64. The van der Waals surface area contributed by atoms with E-state index in [-0.39, 0.29) is 0 Å². The minimum absolute atomic E-state index is 0.462. The van der Waals surface area contributed by atoms with Crippen LogP contribution in [-0.4, -0.2) is 19.2 Å². The van der Waals surface area contributed by atoms with Gasteiger partial charge < -0.3 is 15.2 Å². The highest BCUT2D eigenvalue weighted by molar-refractivity contribution is 5.51. The first-order valence-corrected chi connectivity index (χ1v) is 3.54. The van der Waals surface area contributed by atoms with Crippen molar-refractivity contribution >= 4 is 5.69 Å². The number of hydrogen-bond donors (Lipinski definition) is 1. The summed E-state index contributed by atoms with van der Waals surface area (Å²) >= 11 is 0. The number of nitrogens with two attached hydrogens (primary N) is 1. The molecule has 0 aliphatic rings. The Balaban J connectivity index is 3.19. The van der Waals surface area contributed by atoms with Gasteiger partial charge in [-0.25, -0.2) is 4.98 Å².